The molecule has 0 saturated carbocycles. The van der Waals surface area contributed by atoms with Crippen LogP contribution < -0.4 is 0 Å². The lowest BCUT2D eigenvalue weighted by Gasteiger charge is -2.43. The second-order valence-corrected chi connectivity index (χ2v) is 6.59. The second kappa shape index (κ2) is 3.69. The molecule has 0 N–H and O–H groups in total. The van der Waals surface area contributed by atoms with Gasteiger partial charge in [-0.05, 0) is 26.2 Å². The fraction of sp³-hybridized carbons (Fsp3) is 1.00. The number of hydrogen-bond donors (Lipinski definition) is 0. The lowest BCUT2D eigenvalue weighted by atomic mass is 9.82. The first kappa shape index (κ1) is 12.9. The SMILES string of the molecule is CC(C)(C)[C@@H]1[C@@H](F)[C@@H](F)CN1C(C)(C)C. The van der Waals surface area contributed by atoms with Gasteiger partial charge in [0.2, 0.25) is 0 Å². The Labute approximate surface area is 91.8 Å². The van der Waals surface area contributed by atoms with Gasteiger partial charge in [-0.3, -0.25) is 4.90 Å². The first-order valence-electron chi connectivity index (χ1n) is 5.60. The number of halogens is 2. The van der Waals surface area contributed by atoms with Crippen LogP contribution >= 0.6 is 0 Å². The van der Waals surface area contributed by atoms with Gasteiger partial charge in [-0.1, -0.05) is 20.8 Å². The van der Waals surface area contributed by atoms with Crippen LogP contribution in [-0.2, 0) is 0 Å². The van der Waals surface area contributed by atoms with E-state index < -0.39 is 12.3 Å². The lowest BCUT2D eigenvalue weighted by molar-refractivity contribution is 0.0288. The van der Waals surface area contributed by atoms with E-state index in [4.69, 9.17) is 0 Å². The van der Waals surface area contributed by atoms with Gasteiger partial charge >= 0.3 is 0 Å². The molecule has 0 aliphatic carbocycles. The second-order valence-electron chi connectivity index (χ2n) is 6.59. The van der Waals surface area contributed by atoms with Crippen LogP contribution in [-0.4, -0.2) is 35.4 Å². The molecule has 0 unspecified atom stereocenters. The summed E-state index contributed by atoms with van der Waals surface area (Å²) in [5.41, 5.74) is -0.406. The van der Waals surface area contributed by atoms with Crippen LogP contribution in [0.2, 0.25) is 0 Å². The summed E-state index contributed by atoms with van der Waals surface area (Å²) in [5, 5.41) is 0. The van der Waals surface area contributed by atoms with Gasteiger partial charge in [-0.15, -0.1) is 0 Å². The van der Waals surface area contributed by atoms with Gasteiger partial charge in [0.25, 0.3) is 0 Å². The maximum Gasteiger partial charge on any atom is 0.148 e. The highest BCUT2D eigenvalue weighted by molar-refractivity contribution is 5.03. The van der Waals surface area contributed by atoms with Crippen molar-refractivity contribution in [3.63, 3.8) is 0 Å². The van der Waals surface area contributed by atoms with E-state index in [-0.39, 0.29) is 23.5 Å². The van der Waals surface area contributed by atoms with E-state index in [0.29, 0.717) is 0 Å². The molecule has 0 radical (unpaired) electrons. The molecular formula is C12H23F2N. The minimum atomic E-state index is -1.36. The van der Waals surface area contributed by atoms with Crippen LogP contribution in [0.5, 0.6) is 0 Å². The summed E-state index contributed by atoms with van der Waals surface area (Å²) in [6, 6.07) is -0.326. The highest BCUT2D eigenvalue weighted by Crippen LogP contribution is 2.39. The molecule has 3 heteroatoms. The molecule has 0 aromatic rings. The van der Waals surface area contributed by atoms with Crippen molar-refractivity contribution in [1.82, 2.24) is 4.90 Å². The van der Waals surface area contributed by atoms with Crippen molar-refractivity contribution in [2.24, 2.45) is 5.41 Å². The average molecular weight is 219 g/mol. The zero-order chi connectivity index (χ0) is 12.0. The Kier molecular flexibility index (Phi) is 3.17. The minimum Gasteiger partial charge on any atom is -0.289 e. The average Bonchev–Trinajstić information content (AvgIpc) is 2.25. The predicted octanol–water partition coefficient (Wildman–Crippen LogP) is 3.19. The van der Waals surface area contributed by atoms with Gasteiger partial charge in [-0.25, -0.2) is 8.78 Å². The summed E-state index contributed by atoms with van der Waals surface area (Å²) < 4.78 is 27.3. The topological polar surface area (TPSA) is 3.24 Å². The third kappa shape index (κ3) is 2.49. The van der Waals surface area contributed by atoms with E-state index in [1.807, 2.05) is 46.4 Å². The van der Waals surface area contributed by atoms with Gasteiger partial charge in [0, 0.05) is 18.1 Å². The van der Waals surface area contributed by atoms with E-state index in [1.54, 1.807) is 0 Å². The maximum atomic E-state index is 13.8. The summed E-state index contributed by atoms with van der Waals surface area (Å²) >= 11 is 0. The summed E-state index contributed by atoms with van der Waals surface area (Å²) in [4.78, 5) is 1.96. The van der Waals surface area contributed by atoms with Crippen LogP contribution in [0.4, 0.5) is 8.78 Å². The maximum absolute atomic E-state index is 13.8. The molecule has 0 spiro atoms. The Balaban J connectivity index is 2.98. The molecule has 0 amide bonds. The molecule has 0 aromatic heterocycles. The van der Waals surface area contributed by atoms with Gasteiger partial charge in [0.1, 0.15) is 12.3 Å². The number of alkyl halides is 2. The van der Waals surface area contributed by atoms with E-state index in [1.165, 1.54) is 0 Å². The van der Waals surface area contributed by atoms with E-state index >= 15 is 0 Å². The van der Waals surface area contributed by atoms with Crippen molar-refractivity contribution in [2.75, 3.05) is 6.54 Å². The number of rotatable bonds is 0. The fourth-order valence-corrected chi connectivity index (χ4v) is 2.41. The van der Waals surface area contributed by atoms with Crippen molar-refractivity contribution >= 4 is 0 Å². The molecule has 1 saturated heterocycles. The molecule has 90 valence electrons. The third-order valence-corrected chi connectivity index (χ3v) is 3.10. The normalized spacial score (nSPS) is 34.8. The van der Waals surface area contributed by atoms with Crippen molar-refractivity contribution < 1.29 is 8.78 Å². The lowest BCUT2D eigenvalue weighted by Crippen LogP contribution is -2.52. The molecule has 1 fully saturated rings. The Morgan fingerprint density at radius 1 is 1.00 bits per heavy atom. The molecule has 1 rings (SSSR count). The van der Waals surface area contributed by atoms with E-state index in [2.05, 4.69) is 0 Å². The smallest absolute Gasteiger partial charge is 0.148 e. The Morgan fingerprint density at radius 3 is 1.73 bits per heavy atom. The quantitative estimate of drug-likeness (QED) is 0.605. The van der Waals surface area contributed by atoms with Crippen molar-refractivity contribution in [1.29, 1.82) is 0 Å². The van der Waals surface area contributed by atoms with Crippen molar-refractivity contribution in [2.45, 2.75) is 65.5 Å². The van der Waals surface area contributed by atoms with Gasteiger partial charge in [0.15, 0.2) is 0 Å². The molecular weight excluding hydrogens is 196 g/mol. The van der Waals surface area contributed by atoms with Gasteiger partial charge in [0.05, 0.1) is 0 Å². The van der Waals surface area contributed by atoms with Crippen LogP contribution in [0, 0.1) is 5.41 Å². The molecule has 15 heavy (non-hydrogen) atoms. The Bertz CT molecular complexity index is 227. The summed E-state index contributed by atoms with van der Waals surface area (Å²) in [5.74, 6) is 0. The van der Waals surface area contributed by atoms with Crippen LogP contribution in [0.15, 0.2) is 0 Å². The van der Waals surface area contributed by atoms with E-state index in [0.717, 1.165) is 0 Å². The predicted molar refractivity (Wildman–Crippen MR) is 59.5 cm³/mol. The first-order chi connectivity index (χ1) is 6.55. The molecule has 1 aliphatic heterocycles. The number of likely N-dealkylation sites (tertiary alicyclic amines) is 1. The largest absolute Gasteiger partial charge is 0.289 e. The standard InChI is InChI=1S/C12H23F2N/c1-11(2,3)10-9(14)8(13)7-15(10)12(4,5)6/h8-10H,7H2,1-6H3/t8-,9-,10-/m0/s1. The first-order valence-corrected chi connectivity index (χ1v) is 5.60. The number of nitrogens with zero attached hydrogens (tertiary/aromatic N) is 1. The fourth-order valence-electron chi connectivity index (χ4n) is 2.41. The van der Waals surface area contributed by atoms with Crippen molar-refractivity contribution in [3.8, 4) is 0 Å². The summed E-state index contributed by atoms with van der Waals surface area (Å²) in [6.45, 7) is 12.2. The van der Waals surface area contributed by atoms with Crippen molar-refractivity contribution in [3.05, 3.63) is 0 Å². The third-order valence-electron chi connectivity index (χ3n) is 3.10. The number of hydrogen-bond acceptors (Lipinski definition) is 1. The summed E-state index contributed by atoms with van der Waals surface area (Å²) in [7, 11) is 0. The summed E-state index contributed by atoms with van der Waals surface area (Å²) in [6.07, 6.45) is -2.70. The Hall–Kier alpha value is -0.180. The van der Waals surface area contributed by atoms with Crippen LogP contribution in [0.25, 0.3) is 0 Å². The van der Waals surface area contributed by atoms with Crippen LogP contribution in [0.1, 0.15) is 41.5 Å². The zero-order valence-corrected chi connectivity index (χ0v) is 10.6. The monoisotopic (exact) mass is 219 g/mol. The molecule has 0 bridgehead atoms. The molecule has 0 aromatic carbocycles. The zero-order valence-electron chi connectivity index (χ0n) is 10.6. The highest BCUT2D eigenvalue weighted by Gasteiger charge is 2.51. The minimum absolute atomic E-state index is 0.177. The Morgan fingerprint density at radius 2 is 1.47 bits per heavy atom. The molecule has 1 aliphatic rings. The van der Waals surface area contributed by atoms with Gasteiger partial charge < -0.3 is 0 Å². The molecule has 1 heterocycles. The van der Waals surface area contributed by atoms with Gasteiger partial charge in [-0.2, -0.15) is 0 Å². The molecule has 1 nitrogen and oxygen atoms in total. The molecule has 3 atom stereocenters. The highest BCUT2D eigenvalue weighted by atomic mass is 19.2. The van der Waals surface area contributed by atoms with Crippen LogP contribution in [0.3, 0.4) is 0 Å². The van der Waals surface area contributed by atoms with E-state index in [9.17, 15) is 8.78 Å².